The number of hydrogen-bond donors (Lipinski definition) is 1. The van der Waals surface area contributed by atoms with E-state index < -0.39 is 0 Å². The third kappa shape index (κ3) is 3.00. The molecular weight excluding hydrogens is 274 g/mol. The van der Waals surface area contributed by atoms with Crippen LogP contribution in [-0.4, -0.2) is 34.3 Å². The summed E-state index contributed by atoms with van der Waals surface area (Å²) in [4.78, 5) is 31.5. The first-order valence-corrected chi connectivity index (χ1v) is 7.92. The van der Waals surface area contributed by atoms with Crippen LogP contribution >= 0.6 is 11.3 Å². The highest BCUT2D eigenvalue weighted by Gasteiger charge is 2.35. The van der Waals surface area contributed by atoms with Gasteiger partial charge in [-0.1, -0.05) is 20.3 Å². The maximum absolute atomic E-state index is 12.4. The molecule has 2 unspecified atom stereocenters. The van der Waals surface area contributed by atoms with Crippen molar-refractivity contribution in [1.29, 1.82) is 0 Å². The molecule has 1 aliphatic heterocycles. The number of thiazole rings is 1. The zero-order valence-corrected chi connectivity index (χ0v) is 13.0. The minimum Gasteiger partial charge on any atom is -0.343 e. The topological polar surface area (TPSA) is 62.3 Å². The number of nitrogens with zero attached hydrogens (tertiary/aromatic N) is 2. The molecule has 0 saturated carbocycles. The maximum Gasteiger partial charge on any atom is 0.246 e. The van der Waals surface area contributed by atoms with Crippen LogP contribution in [0.15, 0.2) is 6.20 Å². The van der Waals surface area contributed by atoms with Gasteiger partial charge in [-0.2, -0.15) is 0 Å². The first-order chi connectivity index (χ1) is 9.56. The summed E-state index contributed by atoms with van der Waals surface area (Å²) in [5.41, 5.74) is 0. The average Bonchev–Trinajstić information content (AvgIpc) is 2.91. The summed E-state index contributed by atoms with van der Waals surface area (Å²) in [5, 5.41) is 3.68. The normalized spacial score (nSPS) is 20.9. The van der Waals surface area contributed by atoms with Crippen LogP contribution < -0.4 is 5.32 Å². The summed E-state index contributed by atoms with van der Waals surface area (Å²) >= 11 is 1.62. The Morgan fingerprint density at radius 2 is 2.25 bits per heavy atom. The van der Waals surface area contributed by atoms with Crippen molar-refractivity contribution >= 4 is 23.2 Å². The molecule has 110 valence electrons. The second kappa shape index (κ2) is 6.35. The van der Waals surface area contributed by atoms with Crippen molar-refractivity contribution in [2.24, 2.45) is 0 Å². The number of nitrogens with one attached hydrogen (secondary N) is 1. The van der Waals surface area contributed by atoms with Gasteiger partial charge in [0.2, 0.25) is 11.8 Å². The smallest absolute Gasteiger partial charge is 0.246 e. The Labute approximate surface area is 123 Å². The van der Waals surface area contributed by atoms with Crippen molar-refractivity contribution in [1.82, 2.24) is 15.2 Å². The van der Waals surface area contributed by atoms with Gasteiger partial charge in [-0.3, -0.25) is 9.59 Å². The number of aryl methyl sites for hydroxylation is 1. The van der Waals surface area contributed by atoms with Crippen LogP contribution in [0.25, 0.3) is 0 Å². The molecule has 2 rings (SSSR count). The van der Waals surface area contributed by atoms with E-state index in [1.165, 1.54) is 4.88 Å². The van der Waals surface area contributed by atoms with Crippen LogP contribution in [0.3, 0.4) is 0 Å². The van der Waals surface area contributed by atoms with Gasteiger partial charge >= 0.3 is 0 Å². The summed E-state index contributed by atoms with van der Waals surface area (Å²) < 4.78 is 0. The van der Waals surface area contributed by atoms with Gasteiger partial charge in [0.25, 0.3) is 0 Å². The molecule has 6 heteroatoms. The predicted octanol–water partition coefficient (Wildman–Crippen LogP) is 1.89. The molecule has 2 heterocycles. The SMILES string of the molecule is CCCC1NC(=O)CN(C(C)c2ncc(CC)s2)C1=O. The molecule has 0 spiro atoms. The molecule has 1 saturated heterocycles. The molecule has 1 aromatic heterocycles. The minimum absolute atomic E-state index is 0.00667. The largest absolute Gasteiger partial charge is 0.343 e. The van der Waals surface area contributed by atoms with Crippen LogP contribution in [0.2, 0.25) is 0 Å². The quantitative estimate of drug-likeness (QED) is 0.902. The van der Waals surface area contributed by atoms with Gasteiger partial charge in [-0.25, -0.2) is 4.98 Å². The van der Waals surface area contributed by atoms with Crippen molar-refractivity contribution in [3.8, 4) is 0 Å². The van der Waals surface area contributed by atoms with E-state index in [-0.39, 0.29) is 30.4 Å². The molecule has 0 aromatic carbocycles. The summed E-state index contributed by atoms with van der Waals surface area (Å²) in [7, 11) is 0. The van der Waals surface area contributed by atoms with Gasteiger partial charge in [0.1, 0.15) is 17.6 Å². The van der Waals surface area contributed by atoms with E-state index in [1.54, 1.807) is 16.2 Å². The van der Waals surface area contributed by atoms with E-state index in [0.717, 1.165) is 17.8 Å². The van der Waals surface area contributed by atoms with Gasteiger partial charge < -0.3 is 10.2 Å². The molecule has 0 bridgehead atoms. The number of amides is 2. The molecule has 0 radical (unpaired) electrons. The number of carbonyl (C=O) groups is 2. The van der Waals surface area contributed by atoms with Crippen molar-refractivity contribution in [2.45, 2.75) is 52.1 Å². The molecule has 1 N–H and O–H groups in total. The number of piperazine rings is 1. The third-order valence-electron chi connectivity index (χ3n) is 3.55. The molecule has 1 fully saturated rings. The fourth-order valence-electron chi connectivity index (χ4n) is 2.36. The van der Waals surface area contributed by atoms with E-state index >= 15 is 0 Å². The second-order valence-electron chi connectivity index (χ2n) is 5.07. The van der Waals surface area contributed by atoms with E-state index in [0.29, 0.717) is 6.42 Å². The lowest BCUT2D eigenvalue weighted by molar-refractivity contribution is -0.146. The number of hydrogen-bond acceptors (Lipinski definition) is 4. The summed E-state index contributed by atoms with van der Waals surface area (Å²) in [6.07, 6.45) is 4.35. The van der Waals surface area contributed by atoms with Crippen LogP contribution in [0.1, 0.15) is 49.5 Å². The molecule has 1 aliphatic rings. The lowest BCUT2D eigenvalue weighted by atomic mass is 10.1. The van der Waals surface area contributed by atoms with Gasteiger partial charge in [0.05, 0.1) is 6.04 Å². The lowest BCUT2D eigenvalue weighted by Gasteiger charge is -2.35. The number of aromatic nitrogens is 1. The molecular formula is C14H21N3O2S. The highest BCUT2D eigenvalue weighted by Crippen LogP contribution is 2.27. The summed E-state index contributed by atoms with van der Waals surface area (Å²) in [6.45, 7) is 6.16. The Kier molecular flexibility index (Phi) is 4.75. The van der Waals surface area contributed by atoms with Gasteiger partial charge in [0, 0.05) is 11.1 Å². The molecule has 2 atom stereocenters. The van der Waals surface area contributed by atoms with Gasteiger partial charge in [-0.05, 0) is 19.8 Å². The second-order valence-corrected chi connectivity index (χ2v) is 6.22. The number of carbonyl (C=O) groups excluding carboxylic acids is 2. The fourth-order valence-corrected chi connectivity index (χ4v) is 3.28. The van der Waals surface area contributed by atoms with E-state index in [9.17, 15) is 9.59 Å². The Morgan fingerprint density at radius 3 is 2.85 bits per heavy atom. The first-order valence-electron chi connectivity index (χ1n) is 7.11. The Morgan fingerprint density at radius 1 is 1.50 bits per heavy atom. The Balaban J connectivity index is 2.16. The van der Waals surface area contributed by atoms with Crippen molar-refractivity contribution in [3.63, 3.8) is 0 Å². The first kappa shape index (κ1) is 15.0. The van der Waals surface area contributed by atoms with E-state index in [2.05, 4.69) is 17.2 Å². The zero-order chi connectivity index (χ0) is 14.7. The van der Waals surface area contributed by atoms with E-state index in [1.807, 2.05) is 20.0 Å². The molecule has 20 heavy (non-hydrogen) atoms. The van der Waals surface area contributed by atoms with Crippen LogP contribution in [0, 0.1) is 0 Å². The molecule has 2 amide bonds. The summed E-state index contributed by atoms with van der Waals surface area (Å²) in [5.74, 6) is -0.0747. The Hall–Kier alpha value is -1.43. The molecule has 0 aliphatic carbocycles. The molecule has 1 aromatic rings. The molecule has 5 nitrogen and oxygen atoms in total. The van der Waals surface area contributed by atoms with Crippen LogP contribution in [0.4, 0.5) is 0 Å². The van der Waals surface area contributed by atoms with Crippen molar-refractivity contribution in [3.05, 3.63) is 16.1 Å². The van der Waals surface area contributed by atoms with Gasteiger partial charge in [-0.15, -0.1) is 11.3 Å². The van der Waals surface area contributed by atoms with Crippen molar-refractivity contribution in [2.75, 3.05) is 6.54 Å². The monoisotopic (exact) mass is 295 g/mol. The number of rotatable bonds is 5. The van der Waals surface area contributed by atoms with Crippen molar-refractivity contribution < 1.29 is 9.59 Å². The Bertz CT molecular complexity index is 500. The maximum atomic E-state index is 12.4. The van der Waals surface area contributed by atoms with E-state index in [4.69, 9.17) is 0 Å². The standard InChI is InChI=1S/C14H21N3O2S/c1-4-6-11-14(19)17(8-12(18)16-11)9(3)13-15-7-10(5-2)20-13/h7,9,11H,4-6,8H2,1-3H3,(H,16,18). The highest BCUT2D eigenvalue weighted by molar-refractivity contribution is 7.11. The fraction of sp³-hybridized carbons (Fsp3) is 0.643. The average molecular weight is 295 g/mol. The predicted molar refractivity (Wildman–Crippen MR) is 78.5 cm³/mol. The van der Waals surface area contributed by atoms with Gasteiger partial charge in [0.15, 0.2) is 0 Å². The minimum atomic E-state index is -0.380. The lowest BCUT2D eigenvalue weighted by Crippen LogP contribution is -2.58. The third-order valence-corrected chi connectivity index (χ3v) is 4.86. The van der Waals surface area contributed by atoms with Crippen LogP contribution in [-0.2, 0) is 16.0 Å². The van der Waals surface area contributed by atoms with Crippen LogP contribution in [0.5, 0.6) is 0 Å². The zero-order valence-electron chi connectivity index (χ0n) is 12.2. The highest BCUT2D eigenvalue weighted by atomic mass is 32.1. The summed E-state index contributed by atoms with van der Waals surface area (Å²) in [6, 6.07) is -0.521.